The van der Waals surface area contributed by atoms with E-state index < -0.39 is 5.60 Å². The fraction of sp³-hybridized carbons (Fsp3) is 0.375. The molecule has 8 heteroatoms. The SMILES string of the molecule is CC(C)(C)OC(=O)N1CCC(c2nc3cc(-c4ccc(NC=O)c(Cl)c4)ccc3o2)CC1. The third-order valence-electron chi connectivity index (χ3n) is 5.42. The van der Waals surface area contributed by atoms with Crippen molar-refractivity contribution < 1.29 is 18.7 Å². The van der Waals surface area contributed by atoms with Crippen molar-refractivity contribution in [3.8, 4) is 11.1 Å². The molecule has 7 nitrogen and oxygen atoms in total. The Hall–Kier alpha value is -3.06. The Kier molecular flexibility index (Phi) is 6.11. The van der Waals surface area contributed by atoms with Gasteiger partial charge in [-0.3, -0.25) is 4.79 Å². The fourth-order valence-corrected chi connectivity index (χ4v) is 4.05. The van der Waals surface area contributed by atoms with Gasteiger partial charge in [0.2, 0.25) is 6.41 Å². The van der Waals surface area contributed by atoms with Gasteiger partial charge in [0.15, 0.2) is 11.5 Å². The molecule has 1 saturated heterocycles. The van der Waals surface area contributed by atoms with Crippen LogP contribution in [-0.2, 0) is 9.53 Å². The molecular weight excluding hydrogens is 430 g/mol. The average molecular weight is 456 g/mol. The molecule has 2 amide bonds. The summed E-state index contributed by atoms with van der Waals surface area (Å²) < 4.78 is 11.5. The van der Waals surface area contributed by atoms with Crippen LogP contribution in [0.3, 0.4) is 0 Å². The van der Waals surface area contributed by atoms with Crippen LogP contribution in [0.15, 0.2) is 40.8 Å². The number of anilines is 1. The monoisotopic (exact) mass is 455 g/mol. The lowest BCUT2D eigenvalue weighted by atomic mass is 9.97. The minimum atomic E-state index is -0.499. The van der Waals surface area contributed by atoms with Gasteiger partial charge in [-0.05, 0) is 69.0 Å². The summed E-state index contributed by atoms with van der Waals surface area (Å²) in [5.41, 5.74) is 3.44. The summed E-state index contributed by atoms with van der Waals surface area (Å²) in [5.74, 6) is 0.859. The number of nitrogens with zero attached hydrogens (tertiary/aromatic N) is 2. The van der Waals surface area contributed by atoms with Crippen molar-refractivity contribution in [1.29, 1.82) is 0 Å². The first-order chi connectivity index (χ1) is 15.2. The maximum Gasteiger partial charge on any atom is 0.410 e. The normalized spacial score (nSPS) is 15.1. The van der Waals surface area contributed by atoms with Crippen LogP contribution in [0.1, 0.15) is 45.4 Å². The number of piperidine rings is 1. The Balaban J connectivity index is 1.48. The van der Waals surface area contributed by atoms with Crippen molar-refractivity contribution in [1.82, 2.24) is 9.88 Å². The first kappa shape index (κ1) is 22.1. The number of aromatic nitrogens is 1. The second-order valence-corrected chi connectivity index (χ2v) is 9.34. The lowest BCUT2D eigenvalue weighted by Gasteiger charge is -2.32. The van der Waals surface area contributed by atoms with Crippen LogP contribution >= 0.6 is 11.6 Å². The molecule has 3 aromatic rings. The van der Waals surface area contributed by atoms with Crippen molar-refractivity contribution in [2.75, 3.05) is 18.4 Å². The number of nitrogens with one attached hydrogen (secondary N) is 1. The third-order valence-corrected chi connectivity index (χ3v) is 5.73. The first-order valence-corrected chi connectivity index (χ1v) is 11.0. The highest BCUT2D eigenvalue weighted by Gasteiger charge is 2.29. The van der Waals surface area contributed by atoms with Crippen LogP contribution < -0.4 is 5.32 Å². The number of halogens is 1. The second-order valence-electron chi connectivity index (χ2n) is 8.93. The van der Waals surface area contributed by atoms with E-state index in [1.54, 1.807) is 11.0 Å². The van der Waals surface area contributed by atoms with Crippen LogP contribution in [0, 0.1) is 0 Å². The van der Waals surface area contributed by atoms with Crippen LogP contribution in [0.4, 0.5) is 10.5 Å². The van der Waals surface area contributed by atoms with Gasteiger partial charge in [0.1, 0.15) is 11.1 Å². The van der Waals surface area contributed by atoms with E-state index in [4.69, 9.17) is 25.7 Å². The van der Waals surface area contributed by atoms with Gasteiger partial charge in [-0.1, -0.05) is 23.7 Å². The maximum absolute atomic E-state index is 12.3. The number of hydrogen-bond donors (Lipinski definition) is 1. The van der Waals surface area contributed by atoms with Crippen molar-refractivity contribution in [3.63, 3.8) is 0 Å². The highest BCUT2D eigenvalue weighted by molar-refractivity contribution is 6.33. The number of carbonyl (C=O) groups excluding carboxylic acids is 2. The van der Waals surface area contributed by atoms with E-state index in [-0.39, 0.29) is 12.0 Å². The number of ether oxygens (including phenoxy) is 1. The van der Waals surface area contributed by atoms with Gasteiger partial charge in [-0.2, -0.15) is 0 Å². The molecule has 0 bridgehead atoms. The topological polar surface area (TPSA) is 84.7 Å². The zero-order valence-corrected chi connectivity index (χ0v) is 19.1. The number of oxazole rings is 1. The molecule has 2 aromatic carbocycles. The zero-order chi connectivity index (χ0) is 22.9. The second kappa shape index (κ2) is 8.82. The molecule has 0 radical (unpaired) electrons. The molecule has 0 unspecified atom stereocenters. The van der Waals surface area contributed by atoms with E-state index in [0.717, 1.165) is 35.1 Å². The van der Waals surface area contributed by atoms with Crippen LogP contribution in [0.5, 0.6) is 0 Å². The number of fused-ring (bicyclic) bond motifs is 1. The summed E-state index contributed by atoms with van der Waals surface area (Å²) in [7, 11) is 0. The van der Waals surface area contributed by atoms with Crippen LogP contribution in [0.25, 0.3) is 22.2 Å². The number of benzene rings is 2. The molecule has 32 heavy (non-hydrogen) atoms. The Morgan fingerprint density at radius 3 is 2.53 bits per heavy atom. The van der Waals surface area contributed by atoms with E-state index in [1.165, 1.54) is 0 Å². The van der Waals surface area contributed by atoms with Crippen molar-refractivity contribution >= 4 is 40.9 Å². The lowest BCUT2D eigenvalue weighted by molar-refractivity contribution is -0.105. The molecule has 1 N–H and O–H groups in total. The predicted molar refractivity (Wildman–Crippen MR) is 124 cm³/mol. The molecule has 0 atom stereocenters. The van der Waals surface area contributed by atoms with Gasteiger partial charge in [0.25, 0.3) is 0 Å². The summed E-state index contributed by atoms with van der Waals surface area (Å²) in [6.45, 7) is 6.84. The van der Waals surface area contributed by atoms with Crippen LogP contribution in [0.2, 0.25) is 5.02 Å². The fourth-order valence-electron chi connectivity index (χ4n) is 3.81. The lowest BCUT2D eigenvalue weighted by Crippen LogP contribution is -2.41. The van der Waals surface area contributed by atoms with Gasteiger partial charge in [-0.25, -0.2) is 9.78 Å². The Morgan fingerprint density at radius 2 is 1.88 bits per heavy atom. The highest BCUT2D eigenvalue weighted by atomic mass is 35.5. The molecule has 4 rings (SSSR count). The predicted octanol–water partition coefficient (Wildman–Crippen LogP) is 5.83. The van der Waals surface area contributed by atoms with E-state index in [0.29, 0.717) is 36.1 Å². The molecule has 0 aliphatic carbocycles. The van der Waals surface area contributed by atoms with Crippen molar-refractivity contribution in [2.45, 2.75) is 45.1 Å². The van der Waals surface area contributed by atoms with Crippen molar-refractivity contribution in [2.24, 2.45) is 0 Å². The zero-order valence-electron chi connectivity index (χ0n) is 18.4. The molecule has 2 heterocycles. The van der Waals surface area contributed by atoms with Gasteiger partial charge >= 0.3 is 6.09 Å². The Morgan fingerprint density at radius 1 is 1.19 bits per heavy atom. The van der Waals surface area contributed by atoms with Gasteiger partial charge in [0, 0.05) is 19.0 Å². The summed E-state index contributed by atoms with van der Waals surface area (Å²) in [4.78, 5) is 29.4. The highest BCUT2D eigenvalue weighted by Crippen LogP contribution is 2.33. The van der Waals surface area contributed by atoms with Crippen LogP contribution in [-0.4, -0.2) is 41.1 Å². The minimum absolute atomic E-state index is 0.160. The molecule has 0 saturated carbocycles. The van der Waals surface area contributed by atoms with E-state index in [2.05, 4.69) is 5.32 Å². The van der Waals surface area contributed by atoms with Gasteiger partial charge in [0.05, 0.1) is 10.7 Å². The smallest absolute Gasteiger partial charge is 0.410 e. The molecular formula is C24H26ClN3O4. The third kappa shape index (κ3) is 4.88. The van der Waals surface area contributed by atoms with Gasteiger partial charge < -0.3 is 19.4 Å². The van der Waals surface area contributed by atoms with Gasteiger partial charge in [-0.15, -0.1) is 0 Å². The summed E-state index contributed by atoms with van der Waals surface area (Å²) in [6, 6.07) is 11.3. The molecule has 0 spiro atoms. The van der Waals surface area contributed by atoms with E-state index in [1.807, 2.05) is 51.1 Å². The molecule has 1 aliphatic rings. The van der Waals surface area contributed by atoms with E-state index in [9.17, 15) is 9.59 Å². The number of carbonyl (C=O) groups is 2. The summed E-state index contributed by atoms with van der Waals surface area (Å²) >= 11 is 6.26. The number of rotatable bonds is 4. The average Bonchev–Trinajstić information content (AvgIpc) is 3.17. The molecule has 168 valence electrons. The maximum atomic E-state index is 12.3. The minimum Gasteiger partial charge on any atom is -0.444 e. The number of likely N-dealkylation sites (tertiary alicyclic amines) is 1. The first-order valence-electron chi connectivity index (χ1n) is 10.6. The Bertz CT molecular complexity index is 1140. The molecule has 1 fully saturated rings. The quantitative estimate of drug-likeness (QED) is 0.500. The summed E-state index contributed by atoms with van der Waals surface area (Å²) in [5, 5.41) is 3.04. The Labute approximate surface area is 191 Å². The van der Waals surface area contributed by atoms with Crippen molar-refractivity contribution in [3.05, 3.63) is 47.3 Å². The number of amides is 2. The summed E-state index contributed by atoms with van der Waals surface area (Å²) in [6.07, 6.45) is 1.88. The molecule has 1 aromatic heterocycles. The molecule has 1 aliphatic heterocycles. The largest absolute Gasteiger partial charge is 0.444 e. The van der Waals surface area contributed by atoms with E-state index >= 15 is 0 Å². The standard InChI is InChI=1S/C24H26ClN3O4/c1-24(2,3)32-23(30)28-10-8-15(9-11-28)22-27-20-13-17(5-7-21(20)31-22)16-4-6-19(26-14-29)18(25)12-16/h4-7,12-15H,8-11H2,1-3H3,(H,26,29). The number of hydrogen-bond acceptors (Lipinski definition) is 5.